The second kappa shape index (κ2) is 7.80. The van der Waals surface area contributed by atoms with Crippen LogP contribution in [0.15, 0.2) is 39.3 Å². The van der Waals surface area contributed by atoms with E-state index in [4.69, 9.17) is 0 Å². The summed E-state index contributed by atoms with van der Waals surface area (Å²) in [5.41, 5.74) is 2.60. The molecule has 0 radical (unpaired) electrons. The van der Waals surface area contributed by atoms with Crippen molar-refractivity contribution in [3.05, 3.63) is 46.4 Å². The second-order valence-electron chi connectivity index (χ2n) is 6.52. The fraction of sp³-hybridized carbons (Fsp3) is 0.412. The highest BCUT2D eigenvalue weighted by atomic mass is 79.9. The Labute approximate surface area is 153 Å². The first-order chi connectivity index (χ1) is 11.2. The fourth-order valence-electron chi connectivity index (χ4n) is 2.01. The van der Waals surface area contributed by atoms with Gasteiger partial charge in [-0.2, -0.15) is 5.10 Å². The zero-order chi connectivity index (χ0) is 17.9. The second-order valence-corrected chi connectivity index (χ2v) is 9.28. The summed E-state index contributed by atoms with van der Waals surface area (Å²) >= 11 is 2.25. The molecule has 0 aliphatic rings. The summed E-state index contributed by atoms with van der Waals surface area (Å²) in [6, 6.07) is 6.20. The highest BCUT2D eigenvalue weighted by Gasteiger charge is 2.26. The summed E-state index contributed by atoms with van der Waals surface area (Å²) < 4.78 is 31.8. The number of benzene rings is 1. The molecule has 2 aromatic rings. The van der Waals surface area contributed by atoms with Gasteiger partial charge in [0.2, 0.25) is 0 Å². The third-order valence-corrected chi connectivity index (χ3v) is 5.56. The molecule has 0 bridgehead atoms. The molecule has 2 rings (SSSR count). The van der Waals surface area contributed by atoms with Crippen molar-refractivity contribution < 1.29 is 8.94 Å². The van der Waals surface area contributed by atoms with Gasteiger partial charge in [-0.25, -0.2) is 9.07 Å². The van der Waals surface area contributed by atoms with Crippen molar-refractivity contribution in [2.45, 2.75) is 45.3 Å². The molecule has 1 aromatic heterocycles. The molecule has 0 fully saturated rings. The maximum atomic E-state index is 13.1. The predicted octanol–water partition coefficient (Wildman–Crippen LogP) is 4.63. The van der Waals surface area contributed by atoms with Crippen molar-refractivity contribution >= 4 is 33.0 Å². The number of hydrogen-bond donors (Lipinski definition) is 0. The van der Waals surface area contributed by atoms with E-state index in [1.54, 1.807) is 23.0 Å². The zero-order valence-electron chi connectivity index (χ0n) is 14.2. The van der Waals surface area contributed by atoms with Gasteiger partial charge in [-0.3, -0.25) is 0 Å². The molecular formula is C17H21BrFN3OS. The van der Waals surface area contributed by atoms with Crippen molar-refractivity contribution in [3.8, 4) is 5.69 Å². The first-order valence-corrected chi connectivity index (χ1v) is 9.53. The molecule has 7 heteroatoms. The highest BCUT2D eigenvalue weighted by molar-refractivity contribution is 9.10. The summed E-state index contributed by atoms with van der Waals surface area (Å²) in [4.78, 5) is 0. The number of halogens is 2. The lowest BCUT2D eigenvalue weighted by Gasteiger charge is -2.18. The summed E-state index contributed by atoms with van der Waals surface area (Å²) in [5.74, 6) is -0.279. The molecule has 1 aromatic carbocycles. The van der Waals surface area contributed by atoms with Crippen LogP contribution in [0.25, 0.3) is 5.69 Å². The zero-order valence-corrected chi connectivity index (χ0v) is 16.6. The van der Waals surface area contributed by atoms with Gasteiger partial charge in [-0.1, -0.05) is 4.40 Å². The lowest BCUT2D eigenvalue weighted by Crippen LogP contribution is -2.26. The van der Waals surface area contributed by atoms with Gasteiger partial charge >= 0.3 is 0 Å². The molecule has 0 saturated heterocycles. The standard InChI is InChI=1S/C17H21BrFN3OS/c1-12(21-24(23)17(2,3)4)5-10-16-15(18)11-20-22(16)14-8-6-13(19)7-9-14/h6-9,11H,5,10H2,1-4H3. The molecule has 1 unspecified atom stereocenters. The first kappa shape index (κ1) is 19.1. The Bertz CT molecular complexity index is 722. The normalized spacial score (nSPS) is 14.0. The molecule has 130 valence electrons. The van der Waals surface area contributed by atoms with Crippen LogP contribution in [-0.2, 0) is 17.8 Å². The third kappa shape index (κ3) is 4.91. The highest BCUT2D eigenvalue weighted by Crippen LogP contribution is 2.23. The Hall–Kier alpha value is -1.18. The third-order valence-electron chi connectivity index (χ3n) is 3.38. The molecule has 1 atom stereocenters. The van der Waals surface area contributed by atoms with Gasteiger partial charge in [-0.05, 0) is 80.7 Å². The molecule has 0 spiro atoms. The Kier molecular flexibility index (Phi) is 6.22. The van der Waals surface area contributed by atoms with Crippen LogP contribution in [0.2, 0.25) is 0 Å². The van der Waals surface area contributed by atoms with E-state index in [1.807, 2.05) is 27.7 Å². The van der Waals surface area contributed by atoms with Gasteiger partial charge in [0.1, 0.15) is 21.9 Å². The van der Waals surface area contributed by atoms with Gasteiger partial charge in [0.05, 0.1) is 27.8 Å². The molecular weight excluding hydrogens is 393 g/mol. The quantitative estimate of drug-likeness (QED) is 0.529. The van der Waals surface area contributed by atoms with Gasteiger partial charge in [0.15, 0.2) is 0 Å². The van der Waals surface area contributed by atoms with Gasteiger partial charge < -0.3 is 4.55 Å². The number of nitrogens with zero attached hydrogens (tertiary/aromatic N) is 3. The molecule has 4 nitrogen and oxygen atoms in total. The van der Waals surface area contributed by atoms with Crippen molar-refractivity contribution in [3.63, 3.8) is 0 Å². The van der Waals surface area contributed by atoms with Crippen LogP contribution in [0, 0.1) is 5.82 Å². The molecule has 0 N–H and O–H groups in total. The monoisotopic (exact) mass is 413 g/mol. The van der Waals surface area contributed by atoms with E-state index in [0.29, 0.717) is 12.8 Å². The molecule has 24 heavy (non-hydrogen) atoms. The Morgan fingerprint density at radius 3 is 2.54 bits per heavy atom. The summed E-state index contributed by atoms with van der Waals surface area (Å²) in [6.07, 6.45) is 3.08. The van der Waals surface area contributed by atoms with Crippen LogP contribution >= 0.6 is 15.9 Å². The predicted molar refractivity (Wildman–Crippen MR) is 101 cm³/mol. The topological polar surface area (TPSA) is 53.2 Å². The lowest BCUT2D eigenvalue weighted by molar-refractivity contribution is 0.561. The van der Waals surface area contributed by atoms with E-state index in [-0.39, 0.29) is 10.6 Å². The van der Waals surface area contributed by atoms with E-state index >= 15 is 0 Å². The molecule has 0 amide bonds. The molecule has 0 aliphatic carbocycles. The van der Waals surface area contributed by atoms with Crippen molar-refractivity contribution in [2.75, 3.05) is 0 Å². The van der Waals surface area contributed by atoms with Crippen LogP contribution in [0.1, 0.15) is 39.8 Å². The number of aromatic nitrogens is 2. The van der Waals surface area contributed by atoms with Crippen LogP contribution in [0.4, 0.5) is 4.39 Å². The fourth-order valence-corrected chi connectivity index (χ4v) is 3.11. The van der Waals surface area contributed by atoms with Gasteiger partial charge in [0, 0.05) is 0 Å². The average Bonchev–Trinajstić information content (AvgIpc) is 2.86. The minimum atomic E-state index is -1.25. The molecule has 0 saturated carbocycles. The smallest absolute Gasteiger partial charge is 0.144 e. The van der Waals surface area contributed by atoms with Gasteiger partial charge in [0.25, 0.3) is 0 Å². The maximum absolute atomic E-state index is 13.1. The van der Waals surface area contributed by atoms with Crippen molar-refractivity contribution in [1.29, 1.82) is 0 Å². The maximum Gasteiger partial charge on any atom is 0.144 e. The summed E-state index contributed by atoms with van der Waals surface area (Å²) in [7, 11) is 0. The summed E-state index contributed by atoms with van der Waals surface area (Å²) in [6.45, 7) is 7.59. The number of rotatable bonds is 5. The minimum Gasteiger partial charge on any atom is -0.591 e. The molecule has 0 aliphatic heterocycles. The Morgan fingerprint density at radius 2 is 1.96 bits per heavy atom. The van der Waals surface area contributed by atoms with Crippen LogP contribution in [-0.4, -0.2) is 24.8 Å². The number of hydrogen-bond acceptors (Lipinski definition) is 3. The van der Waals surface area contributed by atoms with E-state index < -0.39 is 11.4 Å². The lowest BCUT2D eigenvalue weighted by atomic mass is 10.2. The van der Waals surface area contributed by atoms with Gasteiger partial charge in [-0.15, -0.1) is 0 Å². The van der Waals surface area contributed by atoms with E-state index in [2.05, 4.69) is 25.4 Å². The SMILES string of the molecule is CC(CCc1c(Br)cnn1-c1ccc(F)cc1)=N[S+]([O-])C(C)(C)C. The van der Waals surface area contributed by atoms with E-state index in [1.165, 1.54) is 12.1 Å². The first-order valence-electron chi connectivity index (χ1n) is 7.63. The summed E-state index contributed by atoms with van der Waals surface area (Å²) in [5, 5.41) is 4.34. The minimum absolute atomic E-state index is 0.279. The van der Waals surface area contributed by atoms with Crippen molar-refractivity contribution in [2.24, 2.45) is 4.40 Å². The average molecular weight is 414 g/mol. The molecule has 1 heterocycles. The van der Waals surface area contributed by atoms with Crippen LogP contribution < -0.4 is 0 Å². The Balaban J connectivity index is 2.15. The Morgan fingerprint density at radius 1 is 1.33 bits per heavy atom. The van der Waals surface area contributed by atoms with E-state index in [0.717, 1.165) is 21.6 Å². The largest absolute Gasteiger partial charge is 0.591 e. The van der Waals surface area contributed by atoms with Crippen molar-refractivity contribution in [1.82, 2.24) is 9.78 Å². The van der Waals surface area contributed by atoms with Crippen LogP contribution in [0.5, 0.6) is 0 Å². The van der Waals surface area contributed by atoms with Crippen LogP contribution in [0.3, 0.4) is 0 Å². The van der Waals surface area contributed by atoms with E-state index in [9.17, 15) is 8.94 Å².